The molecule has 0 bridgehead atoms. The molecule has 0 aromatic rings. The molecule has 5 aliphatic carbocycles. The fourth-order valence-electron chi connectivity index (χ4n) is 12.2. The van der Waals surface area contributed by atoms with Gasteiger partial charge in [0.15, 0.2) is 0 Å². The Kier molecular flexibility index (Phi) is 6.65. The summed E-state index contributed by atoms with van der Waals surface area (Å²) in [5.74, 6) is 4.19. The number of allylic oxidation sites excluding steroid dienone is 1. The van der Waals surface area contributed by atoms with Crippen LogP contribution in [0.25, 0.3) is 0 Å². The van der Waals surface area contributed by atoms with E-state index in [1.54, 1.807) is 0 Å². The highest BCUT2D eigenvalue weighted by atomic mass is 16.5. The molecular formula is C35H58O2. The first-order valence-electron chi connectivity index (χ1n) is 15.9. The standard InChI is InChI=1S/C35H58O2/c1-22(2)21-29(36)37-28-15-17-33(8)26(31(28,5)6)14-18-35(10)27(33)12-11-25-30-24(23(3)4)13-16-32(30,7)19-20-34(25,35)9/h22,24-28,30H,3,11-21H2,1-2,4-10H3/t24-,25+,26-,27+,28-,30+,32+,33-,34+,35+/m0/s1. The minimum absolute atomic E-state index is 0.0132. The smallest absolute Gasteiger partial charge is 0.306 e. The van der Waals surface area contributed by atoms with Crippen LogP contribution in [0.2, 0.25) is 0 Å². The van der Waals surface area contributed by atoms with Crippen LogP contribution >= 0.6 is 0 Å². The molecular weight excluding hydrogens is 452 g/mol. The van der Waals surface area contributed by atoms with Crippen molar-refractivity contribution >= 4 is 5.97 Å². The third-order valence-corrected chi connectivity index (χ3v) is 14.3. The van der Waals surface area contributed by atoms with Crippen LogP contribution in [0.3, 0.4) is 0 Å². The van der Waals surface area contributed by atoms with E-state index in [2.05, 4.69) is 68.9 Å². The number of rotatable bonds is 4. The number of fused-ring (bicyclic) bond motifs is 7. The lowest BCUT2D eigenvalue weighted by atomic mass is 9.32. The minimum Gasteiger partial charge on any atom is -0.462 e. The van der Waals surface area contributed by atoms with Gasteiger partial charge in [-0.15, -0.1) is 0 Å². The number of hydrogen-bond donors (Lipinski definition) is 0. The number of carbonyl (C=O) groups is 1. The van der Waals surface area contributed by atoms with Gasteiger partial charge >= 0.3 is 5.97 Å². The second-order valence-corrected chi connectivity index (χ2v) is 16.8. The zero-order valence-electron chi connectivity index (χ0n) is 25.8. The summed E-state index contributed by atoms with van der Waals surface area (Å²) in [6.07, 6.45) is 13.9. The molecule has 210 valence electrons. The number of hydrogen-bond acceptors (Lipinski definition) is 2. The second-order valence-electron chi connectivity index (χ2n) is 16.8. The van der Waals surface area contributed by atoms with Gasteiger partial charge in [-0.2, -0.15) is 0 Å². The highest BCUT2D eigenvalue weighted by molar-refractivity contribution is 5.69. The van der Waals surface area contributed by atoms with Crippen molar-refractivity contribution in [3.63, 3.8) is 0 Å². The van der Waals surface area contributed by atoms with Crippen LogP contribution in [0.1, 0.15) is 133 Å². The van der Waals surface area contributed by atoms with E-state index >= 15 is 0 Å². The monoisotopic (exact) mass is 510 g/mol. The van der Waals surface area contributed by atoms with E-state index in [0.717, 1.165) is 30.1 Å². The quantitative estimate of drug-likeness (QED) is 0.278. The van der Waals surface area contributed by atoms with Crippen molar-refractivity contribution < 1.29 is 9.53 Å². The topological polar surface area (TPSA) is 26.3 Å². The van der Waals surface area contributed by atoms with Crippen molar-refractivity contribution in [3.05, 3.63) is 12.2 Å². The molecule has 5 fully saturated rings. The number of carbonyl (C=O) groups excluding carboxylic acids is 1. The van der Waals surface area contributed by atoms with E-state index in [4.69, 9.17) is 4.74 Å². The van der Waals surface area contributed by atoms with Gasteiger partial charge in [-0.3, -0.25) is 4.79 Å². The molecule has 0 heterocycles. The molecule has 5 rings (SSSR count). The lowest BCUT2D eigenvalue weighted by Crippen LogP contribution is -2.66. The largest absolute Gasteiger partial charge is 0.462 e. The van der Waals surface area contributed by atoms with Crippen LogP contribution in [0.5, 0.6) is 0 Å². The Morgan fingerprint density at radius 2 is 1.54 bits per heavy atom. The Morgan fingerprint density at radius 1 is 0.838 bits per heavy atom. The highest BCUT2D eigenvalue weighted by Crippen LogP contribution is 2.77. The molecule has 0 spiro atoms. The molecule has 2 nitrogen and oxygen atoms in total. The third-order valence-electron chi connectivity index (χ3n) is 14.3. The summed E-state index contributed by atoms with van der Waals surface area (Å²) >= 11 is 0. The first-order chi connectivity index (χ1) is 17.1. The van der Waals surface area contributed by atoms with Gasteiger partial charge in [-0.05, 0) is 128 Å². The van der Waals surface area contributed by atoms with Crippen LogP contribution < -0.4 is 0 Å². The van der Waals surface area contributed by atoms with Gasteiger partial charge in [-0.25, -0.2) is 0 Å². The summed E-state index contributed by atoms with van der Waals surface area (Å²) in [6, 6.07) is 0. The molecule has 37 heavy (non-hydrogen) atoms. The normalized spacial score (nSPS) is 50.4. The van der Waals surface area contributed by atoms with Crippen molar-refractivity contribution in [2.24, 2.45) is 62.6 Å². The zero-order valence-corrected chi connectivity index (χ0v) is 25.8. The Morgan fingerprint density at radius 3 is 2.19 bits per heavy atom. The van der Waals surface area contributed by atoms with Gasteiger partial charge in [0.1, 0.15) is 6.10 Å². The summed E-state index contributed by atoms with van der Waals surface area (Å²) in [4.78, 5) is 12.7. The molecule has 0 saturated heterocycles. The predicted octanol–water partition coefficient (Wildman–Crippen LogP) is 9.62. The van der Waals surface area contributed by atoms with Gasteiger partial charge in [0.25, 0.3) is 0 Å². The first-order valence-corrected chi connectivity index (χ1v) is 15.9. The lowest BCUT2D eigenvalue weighted by molar-refractivity contribution is -0.249. The summed E-state index contributed by atoms with van der Waals surface area (Å²) < 4.78 is 6.22. The predicted molar refractivity (Wildman–Crippen MR) is 154 cm³/mol. The maximum Gasteiger partial charge on any atom is 0.306 e. The van der Waals surface area contributed by atoms with Crippen LogP contribution in [-0.2, 0) is 9.53 Å². The summed E-state index contributed by atoms with van der Waals surface area (Å²) in [7, 11) is 0. The molecule has 5 saturated carbocycles. The van der Waals surface area contributed by atoms with Crippen molar-refractivity contribution in [2.45, 2.75) is 139 Å². The van der Waals surface area contributed by atoms with E-state index in [9.17, 15) is 4.79 Å². The van der Waals surface area contributed by atoms with Gasteiger partial charge in [0.2, 0.25) is 0 Å². The molecule has 0 aromatic carbocycles. The van der Waals surface area contributed by atoms with Crippen molar-refractivity contribution in [1.29, 1.82) is 0 Å². The minimum atomic E-state index is 0.0132. The number of ether oxygens (including phenoxy) is 1. The molecule has 0 unspecified atom stereocenters. The average molecular weight is 511 g/mol. The first kappa shape index (κ1) is 27.8. The molecule has 2 heteroatoms. The molecule has 10 atom stereocenters. The van der Waals surface area contributed by atoms with E-state index in [0.29, 0.717) is 39.9 Å². The van der Waals surface area contributed by atoms with E-state index in [1.165, 1.54) is 63.4 Å². The zero-order chi connectivity index (χ0) is 27.2. The van der Waals surface area contributed by atoms with E-state index in [1.807, 2.05) is 0 Å². The molecule has 0 amide bonds. The summed E-state index contributed by atoms with van der Waals surface area (Å²) in [5, 5.41) is 0. The molecule has 0 N–H and O–H groups in total. The fraction of sp³-hybridized carbons (Fsp3) is 0.914. The molecule has 0 radical (unpaired) electrons. The van der Waals surface area contributed by atoms with Crippen molar-refractivity contribution in [1.82, 2.24) is 0 Å². The number of esters is 1. The van der Waals surface area contributed by atoms with Crippen LogP contribution in [0, 0.1) is 62.6 Å². The van der Waals surface area contributed by atoms with Gasteiger partial charge < -0.3 is 4.74 Å². The van der Waals surface area contributed by atoms with Gasteiger partial charge in [0, 0.05) is 11.8 Å². The third kappa shape index (κ3) is 3.87. The Hall–Kier alpha value is -0.790. The fourth-order valence-corrected chi connectivity index (χ4v) is 12.2. The highest BCUT2D eigenvalue weighted by Gasteiger charge is 2.70. The summed E-state index contributed by atoms with van der Waals surface area (Å²) in [6.45, 7) is 26.7. The van der Waals surface area contributed by atoms with Crippen molar-refractivity contribution in [2.75, 3.05) is 0 Å². The van der Waals surface area contributed by atoms with Crippen molar-refractivity contribution in [3.8, 4) is 0 Å². The SMILES string of the molecule is C=C(C)[C@@H]1CC[C@]2(C)CC[C@]3(C)[C@H](CC[C@@H]4[C@@]5(C)CC[C@H](OC(=O)CC(C)C)C(C)(C)[C@@H]5CC[C@]43C)[C@@H]12. The van der Waals surface area contributed by atoms with Crippen LogP contribution in [-0.4, -0.2) is 12.1 Å². The van der Waals surface area contributed by atoms with Gasteiger partial charge in [0.05, 0.1) is 0 Å². The molecule has 5 aliphatic rings. The Balaban J connectivity index is 1.44. The maximum absolute atomic E-state index is 12.7. The van der Waals surface area contributed by atoms with Crippen LogP contribution in [0.4, 0.5) is 0 Å². The summed E-state index contributed by atoms with van der Waals surface area (Å²) in [5.41, 5.74) is 3.19. The molecule has 0 aliphatic heterocycles. The maximum atomic E-state index is 12.7. The Bertz CT molecular complexity index is 932. The Labute approximate surface area is 229 Å². The van der Waals surface area contributed by atoms with Gasteiger partial charge in [-0.1, -0.05) is 67.5 Å². The lowest BCUT2D eigenvalue weighted by Gasteiger charge is -2.73. The molecule has 0 aromatic heterocycles. The van der Waals surface area contributed by atoms with E-state index in [-0.39, 0.29) is 17.5 Å². The second kappa shape index (κ2) is 8.86. The van der Waals surface area contributed by atoms with E-state index < -0.39 is 0 Å². The average Bonchev–Trinajstić information content (AvgIpc) is 3.14. The van der Waals surface area contributed by atoms with Crippen LogP contribution in [0.15, 0.2) is 12.2 Å².